The van der Waals surface area contributed by atoms with E-state index in [1.165, 1.54) is 16.8 Å². The molecule has 0 fully saturated rings. The van der Waals surface area contributed by atoms with Crippen LogP contribution in [0.2, 0.25) is 0 Å². The summed E-state index contributed by atoms with van der Waals surface area (Å²) in [6.07, 6.45) is 8.92. The molecule has 4 rings (SSSR count). The largest absolute Gasteiger partial charge is 0.399 e. The minimum absolute atomic E-state index is 0.411. The first-order valence-electron chi connectivity index (χ1n) is 7.38. The lowest BCUT2D eigenvalue weighted by Gasteiger charge is -2.28. The number of rotatable bonds is 2. The molecule has 2 atom stereocenters. The summed E-state index contributed by atoms with van der Waals surface area (Å²) in [6.45, 7) is 0.890. The molecule has 0 saturated heterocycles. The average Bonchev–Trinajstić information content (AvgIpc) is 2.83. The zero-order valence-electron chi connectivity index (χ0n) is 11.8. The second-order valence-electron chi connectivity index (χ2n) is 5.72. The van der Waals surface area contributed by atoms with Gasteiger partial charge in [-0.2, -0.15) is 0 Å². The van der Waals surface area contributed by atoms with Gasteiger partial charge in [-0.25, -0.2) is 0 Å². The summed E-state index contributed by atoms with van der Waals surface area (Å²) in [5, 5.41) is 0. The number of para-hydroxylation sites is 1. The van der Waals surface area contributed by atoms with Crippen LogP contribution < -0.4 is 10.6 Å². The molecule has 2 aromatic rings. The van der Waals surface area contributed by atoms with Crippen molar-refractivity contribution < 1.29 is 0 Å². The maximum atomic E-state index is 5.92. The van der Waals surface area contributed by atoms with Gasteiger partial charge in [0.15, 0.2) is 0 Å². The molecular formula is C19H18N2. The zero-order valence-corrected chi connectivity index (χ0v) is 11.8. The van der Waals surface area contributed by atoms with E-state index in [2.05, 4.69) is 65.6 Å². The van der Waals surface area contributed by atoms with Gasteiger partial charge in [-0.15, -0.1) is 0 Å². The number of fused-ring (bicyclic) bond motifs is 3. The van der Waals surface area contributed by atoms with Gasteiger partial charge < -0.3 is 10.6 Å². The Labute approximate surface area is 125 Å². The van der Waals surface area contributed by atoms with Gasteiger partial charge in [0.25, 0.3) is 0 Å². The minimum Gasteiger partial charge on any atom is -0.399 e. The Morgan fingerprint density at radius 3 is 2.71 bits per heavy atom. The molecule has 1 heterocycles. The normalized spacial score (nSPS) is 22.2. The Morgan fingerprint density at radius 1 is 0.952 bits per heavy atom. The molecule has 0 aromatic heterocycles. The summed E-state index contributed by atoms with van der Waals surface area (Å²) in [4.78, 5) is 2.48. The Hall–Kier alpha value is -2.48. The molecule has 0 amide bonds. The van der Waals surface area contributed by atoms with Crippen LogP contribution in [-0.2, 0) is 6.54 Å². The van der Waals surface area contributed by atoms with E-state index in [1.54, 1.807) is 0 Å². The lowest BCUT2D eigenvalue weighted by Crippen LogP contribution is -2.32. The molecule has 0 radical (unpaired) electrons. The van der Waals surface area contributed by atoms with Gasteiger partial charge in [-0.1, -0.05) is 54.6 Å². The van der Waals surface area contributed by atoms with Crippen molar-refractivity contribution in [2.24, 2.45) is 0 Å². The van der Waals surface area contributed by atoms with Crippen molar-refractivity contribution in [1.29, 1.82) is 0 Å². The molecule has 2 aromatic carbocycles. The van der Waals surface area contributed by atoms with Gasteiger partial charge in [0.1, 0.15) is 0 Å². The fraction of sp³-hybridized carbons (Fsp3) is 0.158. The monoisotopic (exact) mass is 274 g/mol. The van der Waals surface area contributed by atoms with Crippen molar-refractivity contribution in [3.05, 3.63) is 84.0 Å². The Morgan fingerprint density at radius 2 is 1.81 bits per heavy atom. The molecule has 2 N–H and O–H groups in total. The molecule has 1 aliphatic heterocycles. The van der Waals surface area contributed by atoms with Gasteiger partial charge in [-0.05, 0) is 29.3 Å². The third-order valence-electron chi connectivity index (χ3n) is 4.37. The SMILES string of the molecule is Nc1cccc(CN2c3ccccc3C3C=CC=CC32)c1. The third kappa shape index (κ3) is 2.04. The topological polar surface area (TPSA) is 29.3 Å². The van der Waals surface area contributed by atoms with Crippen molar-refractivity contribution in [2.45, 2.75) is 18.5 Å². The van der Waals surface area contributed by atoms with Crippen LogP contribution in [0.15, 0.2) is 72.8 Å². The highest BCUT2D eigenvalue weighted by atomic mass is 15.2. The Balaban J connectivity index is 1.74. The number of hydrogen-bond acceptors (Lipinski definition) is 2. The van der Waals surface area contributed by atoms with Gasteiger partial charge in [-0.3, -0.25) is 0 Å². The minimum atomic E-state index is 0.411. The quantitative estimate of drug-likeness (QED) is 0.842. The van der Waals surface area contributed by atoms with Crippen LogP contribution in [0.1, 0.15) is 17.0 Å². The van der Waals surface area contributed by atoms with Crippen molar-refractivity contribution >= 4 is 11.4 Å². The predicted octanol–water partition coefficient (Wildman–Crippen LogP) is 3.87. The van der Waals surface area contributed by atoms with Crippen LogP contribution in [0, 0.1) is 0 Å². The van der Waals surface area contributed by atoms with Crippen molar-refractivity contribution in [2.75, 3.05) is 10.6 Å². The van der Waals surface area contributed by atoms with Crippen LogP contribution in [0.4, 0.5) is 11.4 Å². The standard InChI is InChI=1S/C19H18N2/c20-15-7-5-6-14(12-15)13-21-18-10-3-1-8-16(18)17-9-2-4-11-19(17)21/h1-12,16,18H,13,20H2. The molecule has 2 aliphatic rings. The van der Waals surface area contributed by atoms with Crippen molar-refractivity contribution in [1.82, 2.24) is 0 Å². The zero-order chi connectivity index (χ0) is 14.2. The summed E-state index contributed by atoms with van der Waals surface area (Å²) in [5.74, 6) is 0.465. The number of benzene rings is 2. The van der Waals surface area contributed by atoms with E-state index in [0.29, 0.717) is 12.0 Å². The van der Waals surface area contributed by atoms with E-state index in [-0.39, 0.29) is 0 Å². The van der Waals surface area contributed by atoms with Crippen LogP contribution >= 0.6 is 0 Å². The Bertz CT molecular complexity index is 730. The molecule has 2 nitrogen and oxygen atoms in total. The summed E-state index contributed by atoms with van der Waals surface area (Å²) in [6, 6.07) is 17.3. The number of nitrogens with zero attached hydrogens (tertiary/aromatic N) is 1. The van der Waals surface area contributed by atoms with Crippen LogP contribution in [-0.4, -0.2) is 6.04 Å². The van der Waals surface area contributed by atoms with Crippen LogP contribution in [0.3, 0.4) is 0 Å². The average molecular weight is 274 g/mol. The van der Waals surface area contributed by atoms with E-state index < -0.39 is 0 Å². The van der Waals surface area contributed by atoms with Crippen LogP contribution in [0.5, 0.6) is 0 Å². The molecular weight excluding hydrogens is 256 g/mol. The molecule has 0 saturated carbocycles. The molecule has 1 aliphatic carbocycles. The number of allylic oxidation sites excluding steroid dienone is 2. The first-order chi connectivity index (χ1) is 10.3. The predicted molar refractivity (Wildman–Crippen MR) is 88.3 cm³/mol. The van der Waals surface area contributed by atoms with E-state index in [9.17, 15) is 0 Å². The van der Waals surface area contributed by atoms with Crippen molar-refractivity contribution in [3.8, 4) is 0 Å². The molecule has 0 spiro atoms. The van der Waals surface area contributed by atoms with E-state index >= 15 is 0 Å². The van der Waals surface area contributed by atoms with E-state index in [4.69, 9.17) is 5.73 Å². The molecule has 104 valence electrons. The van der Waals surface area contributed by atoms with Crippen LogP contribution in [0.25, 0.3) is 0 Å². The highest BCUT2D eigenvalue weighted by Crippen LogP contribution is 2.44. The molecule has 21 heavy (non-hydrogen) atoms. The number of nitrogens with two attached hydrogens (primary N) is 1. The highest BCUT2D eigenvalue weighted by Gasteiger charge is 2.35. The number of nitrogen functional groups attached to an aromatic ring is 1. The van der Waals surface area contributed by atoms with E-state index in [1.807, 2.05) is 12.1 Å². The van der Waals surface area contributed by atoms with Gasteiger partial charge in [0.05, 0.1) is 6.04 Å². The maximum absolute atomic E-state index is 5.92. The summed E-state index contributed by atoms with van der Waals surface area (Å²) in [7, 11) is 0. The lowest BCUT2D eigenvalue weighted by atomic mass is 9.91. The maximum Gasteiger partial charge on any atom is 0.0584 e. The number of anilines is 2. The first kappa shape index (κ1) is 12.3. The fourth-order valence-corrected chi connectivity index (χ4v) is 3.45. The molecule has 0 bridgehead atoms. The van der Waals surface area contributed by atoms with Gasteiger partial charge in [0.2, 0.25) is 0 Å². The smallest absolute Gasteiger partial charge is 0.0584 e. The van der Waals surface area contributed by atoms with Crippen molar-refractivity contribution in [3.63, 3.8) is 0 Å². The summed E-state index contributed by atoms with van der Waals surface area (Å²) >= 11 is 0. The second kappa shape index (κ2) is 4.81. The lowest BCUT2D eigenvalue weighted by molar-refractivity contribution is 0.672. The molecule has 2 unspecified atom stereocenters. The number of hydrogen-bond donors (Lipinski definition) is 1. The first-order valence-corrected chi connectivity index (χ1v) is 7.38. The second-order valence-corrected chi connectivity index (χ2v) is 5.72. The third-order valence-corrected chi connectivity index (χ3v) is 4.37. The fourth-order valence-electron chi connectivity index (χ4n) is 3.45. The summed E-state index contributed by atoms with van der Waals surface area (Å²) < 4.78 is 0. The van der Waals surface area contributed by atoms with Gasteiger partial charge in [0, 0.05) is 23.8 Å². The Kier molecular flexibility index (Phi) is 2.81. The van der Waals surface area contributed by atoms with Gasteiger partial charge >= 0.3 is 0 Å². The summed E-state index contributed by atoms with van der Waals surface area (Å²) in [5.41, 5.74) is 10.8. The molecule has 2 heteroatoms. The van der Waals surface area contributed by atoms with E-state index in [0.717, 1.165) is 12.2 Å². The highest BCUT2D eigenvalue weighted by molar-refractivity contribution is 5.65.